The second-order valence-corrected chi connectivity index (χ2v) is 9.52. The van der Waals surface area contributed by atoms with Crippen molar-refractivity contribution < 1.29 is 9.53 Å². The number of ether oxygens (including phenoxy) is 1. The van der Waals surface area contributed by atoms with Crippen LogP contribution in [0.1, 0.15) is 56.2 Å². The first-order valence-corrected chi connectivity index (χ1v) is 11.1. The fraction of sp³-hybridized carbons (Fsp3) is 0.346. The Labute approximate surface area is 182 Å². The second kappa shape index (κ2) is 7.02. The van der Waals surface area contributed by atoms with Crippen molar-refractivity contribution in [3.8, 4) is 5.69 Å². The van der Waals surface area contributed by atoms with Crippen molar-refractivity contribution in [2.24, 2.45) is 5.92 Å². The molecule has 0 fully saturated rings. The number of hydrogen-bond donors (Lipinski definition) is 0. The van der Waals surface area contributed by atoms with Gasteiger partial charge in [-0.25, -0.2) is 0 Å². The normalized spacial score (nSPS) is 21.3. The lowest BCUT2D eigenvalue weighted by Gasteiger charge is -2.25. The van der Waals surface area contributed by atoms with E-state index in [1.54, 1.807) is 0 Å². The Balaban J connectivity index is 1.79. The number of hydrogen-bond acceptors (Lipinski definition) is 2. The Hall–Kier alpha value is -2.52. The number of aromatic nitrogens is 1. The Kier molecular flexibility index (Phi) is 4.55. The van der Waals surface area contributed by atoms with E-state index in [0.717, 1.165) is 35.0 Å². The number of carbonyl (C=O) groups is 1. The van der Waals surface area contributed by atoms with Gasteiger partial charge in [-0.1, -0.05) is 42.5 Å². The lowest BCUT2D eigenvalue weighted by atomic mass is 9.80. The molecular formula is C26H26ClNO2. The van der Waals surface area contributed by atoms with Crippen molar-refractivity contribution >= 4 is 35.3 Å². The third-order valence-electron chi connectivity index (χ3n) is 6.02. The highest BCUT2D eigenvalue weighted by Crippen LogP contribution is 2.37. The molecule has 1 heterocycles. The molecule has 1 aromatic carbocycles. The monoisotopic (exact) mass is 419 g/mol. The summed E-state index contributed by atoms with van der Waals surface area (Å²) in [5, 5.41) is 2.32. The summed E-state index contributed by atoms with van der Waals surface area (Å²) >= 11 is 6.31. The first-order valence-electron chi connectivity index (χ1n) is 10.6. The van der Waals surface area contributed by atoms with Crippen LogP contribution in [0.5, 0.6) is 0 Å². The van der Waals surface area contributed by atoms with Crippen LogP contribution in [-0.2, 0) is 15.4 Å². The summed E-state index contributed by atoms with van der Waals surface area (Å²) in [4.78, 5) is 13.0. The molecule has 1 aromatic heterocycles. The molecule has 0 saturated carbocycles. The highest BCUT2D eigenvalue weighted by atomic mass is 35.5. The second-order valence-electron chi connectivity index (χ2n) is 9.25. The van der Waals surface area contributed by atoms with Gasteiger partial charge in [0.25, 0.3) is 0 Å². The quantitative estimate of drug-likeness (QED) is 0.538. The molecule has 0 spiro atoms. The molecule has 3 nitrogen and oxygen atoms in total. The van der Waals surface area contributed by atoms with Gasteiger partial charge in [0.15, 0.2) is 0 Å². The first kappa shape index (κ1) is 19.4. The summed E-state index contributed by atoms with van der Waals surface area (Å²) in [6, 6.07) is 8.27. The molecule has 3 aliphatic carbocycles. The van der Waals surface area contributed by atoms with Gasteiger partial charge in [-0.2, -0.15) is 0 Å². The topological polar surface area (TPSA) is 31.2 Å². The van der Waals surface area contributed by atoms with E-state index in [9.17, 15) is 4.79 Å². The molecule has 2 atom stereocenters. The molecule has 4 heteroatoms. The van der Waals surface area contributed by atoms with E-state index >= 15 is 0 Å². The van der Waals surface area contributed by atoms with Gasteiger partial charge < -0.3 is 9.30 Å². The molecule has 5 rings (SSSR count). The van der Waals surface area contributed by atoms with Crippen LogP contribution in [-0.4, -0.2) is 16.1 Å². The number of rotatable bonds is 3. The highest BCUT2D eigenvalue weighted by molar-refractivity contribution is 6.17. The van der Waals surface area contributed by atoms with Crippen LogP contribution in [0.3, 0.4) is 0 Å². The Morgan fingerprint density at radius 3 is 2.77 bits per heavy atom. The lowest BCUT2D eigenvalue weighted by Crippen LogP contribution is -2.32. The number of nitrogens with zero attached hydrogens (tertiary/aromatic N) is 1. The van der Waals surface area contributed by atoms with Crippen molar-refractivity contribution in [3.05, 3.63) is 69.9 Å². The fourth-order valence-electron chi connectivity index (χ4n) is 4.86. The molecule has 3 aliphatic rings. The lowest BCUT2D eigenvalue weighted by molar-refractivity contribution is -0.156. The molecule has 0 saturated heterocycles. The molecule has 2 unspecified atom stereocenters. The van der Waals surface area contributed by atoms with Gasteiger partial charge in [-0.3, -0.25) is 4.79 Å². The zero-order valence-corrected chi connectivity index (χ0v) is 18.4. The van der Waals surface area contributed by atoms with Crippen LogP contribution in [0.2, 0.25) is 0 Å². The van der Waals surface area contributed by atoms with Crippen molar-refractivity contribution in [2.45, 2.75) is 51.0 Å². The minimum Gasteiger partial charge on any atom is -0.459 e. The predicted octanol–water partition coefficient (Wildman–Crippen LogP) is 4.58. The van der Waals surface area contributed by atoms with E-state index in [0.29, 0.717) is 11.8 Å². The summed E-state index contributed by atoms with van der Waals surface area (Å²) in [6.45, 7) is 5.72. The predicted molar refractivity (Wildman–Crippen MR) is 122 cm³/mol. The molecule has 0 N–H and O–H groups in total. The van der Waals surface area contributed by atoms with Crippen LogP contribution in [0.25, 0.3) is 23.4 Å². The first-order chi connectivity index (χ1) is 14.4. The molecule has 30 heavy (non-hydrogen) atoms. The summed E-state index contributed by atoms with van der Waals surface area (Å²) in [6.07, 6.45) is 13.1. The third-order valence-corrected chi connectivity index (χ3v) is 6.31. The van der Waals surface area contributed by atoms with Gasteiger partial charge in [0.1, 0.15) is 5.60 Å². The number of benzene rings is 1. The minimum atomic E-state index is -0.516. The molecule has 0 amide bonds. The van der Waals surface area contributed by atoms with Crippen LogP contribution >= 0.6 is 11.6 Å². The van der Waals surface area contributed by atoms with Crippen LogP contribution < -0.4 is 10.7 Å². The summed E-state index contributed by atoms with van der Waals surface area (Å²) in [7, 11) is 0. The maximum atomic E-state index is 13.0. The minimum absolute atomic E-state index is 0.212. The Morgan fingerprint density at radius 2 is 2.00 bits per heavy atom. The van der Waals surface area contributed by atoms with E-state index in [1.807, 2.05) is 32.9 Å². The zero-order chi connectivity index (χ0) is 21.0. The number of allylic oxidation sites excluding steroid dienone is 3. The average molecular weight is 420 g/mol. The smallest absolute Gasteiger partial charge is 0.317 e. The maximum absolute atomic E-state index is 13.0. The summed E-state index contributed by atoms with van der Waals surface area (Å²) in [5.41, 5.74) is 5.42. The van der Waals surface area contributed by atoms with Gasteiger partial charge >= 0.3 is 5.97 Å². The fourth-order valence-corrected chi connectivity index (χ4v) is 5.09. The number of alkyl halides is 1. The van der Waals surface area contributed by atoms with Gasteiger partial charge in [-0.05, 0) is 62.5 Å². The van der Waals surface area contributed by atoms with E-state index < -0.39 is 11.5 Å². The van der Waals surface area contributed by atoms with Crippen LogP contribution in [0.15, 0.2) is 42.5 Å². The molecule has 2 aromatic rings. The largest absolute Gasteiger partial charge is 0.459 e. The van der Waals surface area contributed by atoms with E-state index in [-0.39, 0.29) is 5.97 Å². The zero-order valence-electron chi connectivity index (χ0n) is 17.6. The SMILES string of the molecule is CC(C)(C)OC(=O)C1C=C2C=CC3CCC=c4c3c2c(n4-c2ccccc2CCl)=C1. The third kappa shape index (κ3) is 3.07. The van der Waals surface area contributed by atoms with Gasteiger partial charge in [-0.15, -0.1) is 11.6 Å². The van der Waals surface area contributed by atoms with Crippen LogP contribution in [0, 0.1) is 5.92 Å². The maximum Gasteiger partial charge on any atom is 0.317 e. The molecule has 0 radical (unpaired) electrons. The molecule has 0 aliphatic heterocycles. The van der Waals surface area contributed by atoms with Crippen molar-refractivity contribution in [3.63, 3.8) is 0 Å². The van der Waals surface area contributed by atoms with Crippen molar-refractivity contribution in [1.29, 1.82) is 0 Å². The molecular weight excluding hydrogens is 394 g/mol. The highest BCUT2D eigenvalue weighted by Gasteiger charge is 2.33. The molecule has 154 valence electrons. The Morgan fingerprint density at radius 1 is 1.20 bits per heavy atom. The molecule has 0 bridgehead atoms. The van der Waals surface area contributed by atoms with E-state index in [4.69, 9.17) is 16.3 Å². The van der Waals surface area contributed by atoms with Crippen molar-refractivity contribution in [1.82, 2.24) is 4.57 Å². The standard InChI is InChI=1S/C26H26ClNO2/c1-26(2,3)30-25(29)19-13-17-12-11-16-8-6-10-21-23(16)24(17)22(14-19)28(21)20-9-5-4-7-18(20)15-27/h4-5,7,9-14,16,19H,6,8,15H2,1-3H3. The summed E-state index contributed by atoms with van der Waals surface area (Å²) in [5.74, 6) is 0.243. The van der Waals surface area contributed by atoms with E-state index in [2.05, 4.69) is 47.1 Å². The van der Waals surface area contributed by atoms with Gasteiger partial charge in [0.2, 0.25) is 0 Å². The van der Waals surface area contributed by atoms with Crippen LogP contribution in [0.4, 0.5) is 0 Å². The van der Waals surface area contributed by atoms with Gasteiger partial charge in [0, 0.05) is 22.7 Å². The number of esters is 1. The summed E-state index contributed by atoms with van der Waals surface area (Å²) < 4.78 is 8.02. The van der Waals surface area contributed by atoms with E-state index in [1.165, 1.54) is 16.5 Å². The number of para-hydroxylation sites is 1. The van der Waals surface area contributed by atoms with Crippen molar-refractivity contribution in [2.75, 3.05) is 0 Å². The average Bonchev–Trinajstić information content (AvgIpc) is 3.06. The number of halogens is 1. The van der Waals surface area contributed by atoms with Gasteiger partial charge in [0.05, 0.1) is 17.0 Å². The number of carbonyl (C=O) groups excluding carboxylic acids is 1. The Bertz CT molecular complexity index is 1220.